The Morgan fingerprint density at radius 1 is 1.24 bits per heavy atom. The molecule has 0 N–H and O–H groups in total. The summed E-state index contributed by atoms with van der Waals surface area (Å²) in [5, 5.41) is 0.754. The van der Waals surface area contributed by atoms with Crippen LogP contribution < -0.4 is 5.56 Å². The molecule has 0 fully saturated rings. The molecule has 0 spiro atoms. The summed E-state index contributed by atoms with van der Waals surface area (Å²) in [6, 6.07) is 8.96. The number of Topliss-reactive ketones (excluding diaryl/α,β-unsaturated/α-hetero) is 1. The highest BCUT2D eigenvalue weighted by atomic mass is 79.9. The zero-order chi connectivity index (χ0) is 15.0. The second-order valence-corrected chi connectivity index (χ2v) is 6.28. The maximum atomic E-state index is 12.4. The number of furan rings is 1. The molecule has 106 valence electrons. The summed E-state index contributed by atoms with van der Waals surface area (Å²) in [6.07, 6.45) is 3.03. The second kappa shape index (κ2) is 5.61. The lowest BCUT2D eigenvalue weighted by Gasteiger charge is -2.05. The van der Waals surface area contributed by atoms with E-state index < -0.39 is 0 Å². The van der Waals surface area contributed by atoms with Gasteiger partial charge in [0.15, 0.2) is 5.78 Å². The van der Waals surface area contributed by atoms with Crippen LogP contribution in [0.25, 0.3) is 11.0 Å². The van der Waals surface area contributed by atoms with E-state index >= 15 is 0 Å². The van der Waals surface area contributed by atoms with Crippen molar-refractivity contribution >= 4 is 48.6 Å². The number of hydrogen-bond donors (Lipinski definition) is 0. The van der Waals surface area contributed by atoms with Crippen LogP contribution in [0.4, 0.5) is 0 Å². The van der Waals surface area contributed by atoms with Crippen molar-refractivity contribution in [2.75, 3.05) is 0 Å². The van der Waals surface area contributed by atoms with Gasteiger partial charge in [-0.05, 0) is 44.0 Å². The summed E-state index contributed by atoms with van der Waals surface area (Å²) >= 11 is 6.49. The smallest absolute Gasteiger partial charge is 0.265 e. The Morgan fingerprint density at radius 2 is 2.00 bits per heavy atom. The number of benzene rings is 1. The van der Waals surface area contributed by atoms with Crippen LogP contribution in [0.15, 0.2) is 60.9 Å². The number of rotatable bonds is 3. The van der Waals surface area contributed by atoms with Crippen molar-refractivity contribution in [1.29, 1.82) is 0 Å². The molecule has 21 heavy (non-hydrogen) atoms. The molecule has 3 aromatic rings. The average molecular weight is 411 g/mol. The Kier molecular flexibility index (Phi) is 3.82. The number of hydrogen-bond acceptors (Lipinski definition) is 3. The zero-order valence-electron chi connectivity index (χ0n) is 10.7. The molecule has 3 rings (SSSR count). The molecule has 6 heteroatoms. The molecular weight excluding hydrogens is 402 g/mol. The normalized spacial score (nSPS) is 11.0. The third-order valence-corrected chi connectivity index (χ3v) is 4.11. The monoisotopic (exact) mass is 409 g/mol. The number of aromatic nitrogens is 1. The predicted octanol–water partition coefficient (Wildman–Crippen LogP) is 4.00. The molecule has 0 saturated carbocycles. The Morgan fingerprint density at radius 3 is 2.81 bits per heavy atom. The van der Waals surface area contributed by atoms with Gasteiger partial charge >= 0.3 is 0 Å². The first-order valence-electron chi connectivity index (χ1n) is 6.11. The van der Waals surface area contributed by atoms with Crippen molar-refractivity contribution in [2.24, 2.45) is 0 Å². The number of pyridine rings is 1. The number of ketones is 1. The zero-order valence-corrected chi connectivity index (χ0v) is 13.8. The van der Waals surface area contributed by atoms with E-state index in [1.165, 1.54) is 10.8 Å². The van der Waals surface area contributed by atoms with E-state index in [1.807, 2.05) is 18.2 Å². The summed E-state index contributed by atoms with van der Waals surface area (Å²) < 4.78 is 7.84. The van der Waals surface area contributed by atoms with Crippen molar-refractivity contribution in [1.82, 2.24) is 4.57 Å². The highest BCUT2D eigenvalue weighted by Crippen LogP contribution is 2.21. The van der Waals surface area contributed by atoms with Crippen LogP contribution in [0.3, 0.4) is 0 Å². The molecule has 0 aliphatic heterocycles. The van der Waals surface area contributed by atoms with Gasteiger partial charge < -0.3 is 8.98 Å². The Bertz CT molecular complexity index is 895. The van der Waals surface area contributed by atoms with Crippen molar-refractivity contribution in [3.05, 3.63) is 67.7 Å². The molecule has 0 radical (unpaired) electrons. The molecule has 0 bridgehead atoms. The van der Waals surface area contributed by atoms with Gasteiger partial charge in [0.1, 0.15) is 11.8 Å². The van der Waals surface area contributed by atoms with E-state index in [2.05, 4.69) is 31.9 Å². The van der Waals surface area contributed by atoms with Gasteiger partial charge in [0.05, 0.1) is 16.6 Å². The fourth-order valence-electron chi connectivity index (χ4n) is 2.12. The fraction of sp³-hybridized carbons (Fsp3) is 0.0667. The number of halogens is 2. The van der Waals surface area contributed by atoms with Crippen molar-refractivity contribution in [2.45, 2.75) is 6.54 Å². The summed E-state index contributed by atoms with van der Waals surface area (Å²) in [4.78, 5) is 24.4. The lowest BCUT2D eigenvalue weighted by atomic mass is 10.1. The first-order chi connectivity index (χ1) is 10.1. The van der Waals surface area contributed by atoms with E-state index in [0.29, 0.717) is 15.6 Å². The summed E-state index contributed by atoms with van der Waals surface area (Å²) in [5.74, 6) is -0.174. The van der Waals surface area contributed by atoms with Crippen LogP contribution in [-0.2, 0) is 6.54 Å². The molecule has 1 aromatic carbocycles. The standard InChI is InChI=1S/C15H9Br2NO3/c16-9-5-12(17)15(20)18(6-9)7-13(19)11-8-21-14-4-2-1-3-10(11)14/h1-6,8H,7H2. The quantitative estimate of drug-likeness (QED) is 0.613. The van der Waals surface area contributed by atoms with Crippen LogP contribution in [0, 0.1) is 0 Å². The predicted molar refractivity (Wildman–Crippen MR) is 86.6 cm³/mol. The van der Waals surface area contributed by atoms with E-state index in [0.717, 1.165) is 9.86 Å². The maximum absolute atomic E-state index is 12.4. The molecule has 0 saturated heterocycles. The van der Waals surface area contributed by atoms with Crippen molar-refractivity contribution in [3.63, 3.8) is 0 Å². The lowest BCUT2D eigenvalue weighted by Crippen LogP contribution is -2.24. The van der Waals surface area contributed by atoms with Crippen molar-refractivity contribution < 1.29 is 9.21 Å². The SMILES string of the molecule is O=C(Cn1cc(Br)cc(Br)c1=O)c1coc2ccccc12. The first kappa shape index (κ1) is 14.3. The first-order valence-corrected chi connectivity index (χ1v) is 7.70. The largest absolute Gasteiger partial charge is 0.464 e. The van der Waals surface area contributed by atoms with Crippen LogP contribution in [0.5, 0.6) is 0 Å². The summed E-state index contributed by atoms with van der Waals surface area (Å²) in [5.41, 5.74) is 0.886. The molecule has 2 heterocycles. The van der Waals surface area contributed by atoms with Crippen LogP contribution >= 0.6 is 31.9 Å². The van der Waals surface area contributed by atoms with E-state index in [9.17, 15) is 9.59 Å². The fourth-order valence-corrected chi connectivity index (χ4v) is 3.37. The lowest BCUT2D eigenvalue weighted by molar-refractivity contribution is 0.0971. The third-order valence-electron chi connectivity index (χ3n) is 3.10. The topological polar surface area (TPSA) is 52.2 Å². The number of para-hydroxylation sites is 1. The molecule has 0 aliphatic carbocycles. The van der Waals surface area contributed by atoms with Crippen LogP contribution in [0.1, 0.15) is 10.4 Å². The molecule has 0 unspecified atom stereocenters. The summed E-state index contributed by atoms with van der Waals surface area (Å²) in [6.45, 7) is -0.0413. The van der Waals surface area contributed by atoms with Gasteiger partial charge in [-0.25, -0.2) is 0 Å². The molecule has 0 amide bonds. The number of fused-ring (bicyclic) bond motifs is 1. The highest BCUT2D eigenvalue weighted by Gasteiger charge is 2.15. The van der Waals surface area contributed by atoms with Gasteiger partial charge in [-0.2, -0.15) is 0 Å². The molecule has 2 aromatic heterocycles. The third kappa shape index (κ3) is 2.73. The second-order valence-electron chi connectivity index (χ2n) is 4.51. The molecule has 0 atom stereocenters. The minimum Gasteiger partial charge on any atom is -0.464 e. The van der Waals surface area contributed by atoms with E-state index in [-0.39, 0.29) is 17.9 Å². The van der Waals surface area contributed by atoms with Crippen LogP contribution in [-0.4, -0.2) is 10.4 Å². The van der Waals surface area contributed by atoms with Gasteiger partial charge in [-0.1, -0.05) is 18.2 Å². The molecular formula is C15H9Br2NO3. The van der Waals surface area contributed by atoms with Gasteiger partial charge in [-0.15, -0.1) is 0 Å². The van der Waals surface area contributed by atoms with Gasteiger partial charge in [0.2, 0.25) is 0 Å². The Labute approximate surface area is 136 Å². The van der Waals surface area contributed by atoms with Crippen LogP contribution in [0.2, 0.25) is 0 Å². The highest BCUT2D eigenvalue weighted by molar-refractivity contribution is 9.11. The van der Waals surface area contributed by atoms with E-state index in [4.69, 9.17) is 4.42 Å². The van der Waals surface area contributed by atoms with E-state index in [1.54, 1.807) is 18.3 Å². The Balaban J connectivity index is 1.99. The number of nitrogens with zero attached hydrogens (tertiary/aromatic N) is 1. The number of carbonyl (C=O) groups is 1. The summed E-state index contributed by atoms with van der Waals surface area (Å²) in [7, 11) is 0. The molecule has 4 nitrogen and oxygen atoms in total. The number of carbonyl (C=O) groups excluding carboxylic acids is 1. The maximum Gasteiger partial charge on any atom is 0.265 e. The van der Waals surface area contributed by atoms with Crippen molar-refractivity contribution in [3.8, 4) is 0 Å². The minimum atomic E-state index is -0.251. The molecule has 0 aliphatic rings. The van der Waals surface area contributed by atoms with Gasteiger partial charge in [0.25, 0.3) is 5.56 Å². The van der Waals surface area contributed by atoms with Gasteiger partial charge in [-0.3, -0.25) is 9.59 Å². The van der Waals surface area contributed by atoms with Gasteiger partial charge in [0, 0.05) is 16.1 Å². The Hall–Kier alpha value is -1.66. The average Bonchev–Trinajstić information content (AvgIpc) is 2.88. The minimum absolute atomic E-state index is 0.0413.